The maximum Gasteiger partial charge on any atom is 0.344 e. The molecule has 2 heterocycles. The van der Waals surface area contributed by atoms with E-state index in [4.69, 9.17) is 0 Å². The van der Waals surface area contributed by atoms with Gasteiger partial charge in [-0.15, -0.1) is 0 Å². The summed E-state index contributed by atoms with van der Waals surface area (Å²) in [4.78, 5) is 29.8. The first-order valence-electron chi connectivity index (χ1n) is 10.7. The lowest BCUT2D eigenvalue weighted by molar-refractivity contribution is 0.0891. The molecule has 0 amide bonds. The van der Waals surface area contributed by atoms with Gasteiger partial charge in [0.1, 0.15) is 5.69 Å². The van der Waals surface area contributed by atoms with Gasteiger partial charge in [0.25, 0.3) is 0 Å². The van der Waals surface area contributed by atoms with Crippen molar-refractivity contribution in [2.45, 2.75) is 26.3 Å². The molecule has 2 aromatic carbocycles. The predicted molar refractivity (Wildman–Crippen MR) is 130 cm³/mol. The number of pyridine rings is 1. The van der Waals surface area contributed by atoms with Crippen LogP contribution in [0.4, 0.5) is 0 Å². The van der Waals surface area contributed by atoms with Crippen LogP contribution in [0, 0.1) is 6.92 Å². The number of hydrogen-bond acceptors (Lipinski definition) is 5. The fourth-order valence-electron chi connectivity index (χ4n) is 3.67. The van der Waals surface area contributed by atoms with Crippen LogP contribution < -0.4 is 0 Å². The number of aromatic nitrogens is 1. The van der Waals surface area contributed by atoms with Gasteiger partial charge in [0.2, 0.25) is 0 Å². The molecule has 0 radical (unpaired) electrons. The lowest BCUT2D eigenvalue weighted by Gasteiger charge is -2.20. The standard InChI is InChI=1S/C26H23N3O4S/c1-19-8-10-27-24(12-19)26(31)17-25(30)23-15-21(13-20-6-3-2-4-7-20)14-22(16-23)18-29-11-5-9-28-34(29,32)33/h2-12,14-16H,13,17-18H2,1H3. The molecule has 1 aliphatic heterocycles. The van der Waals surface area contributed by atoms with Crippen molar-refractivity contribution in [1.82, 2.24) is 9.29 Å². The van der Waals surface area contributed by atoms with Gasteiger partial charge in [-0.2, -0.15) is 12.8 Å². The first kappa shape index (κ1) is 23.3. The van der Waals surface area contributed by atoms with Gasteiger partial charge in [0.05, 0.1) is 13.0 Å². The monoisotopic (exact) mass is 473 g/mol. The van der Waals surface area contributed by atoms with E-state index in [0.29, 0.717) is 17.5 Å². The van der Waals surface area contributed by atoms with E-state index in [9.17, 15) is 18.0 Å². The Bertz CT molecular complexity index is 1400. The molecule has 0 spiro atoms. The van der Waals surface area contributed by atoms with Gasteiger partial charge >= 0.3 is 10.2 Å². The van der Waals surface area contributed by atoms with Crippen molar-refractivity contribution in [2.24, 2.45) is 4.40 Å². The fraction of sp³-hybridized carbons (Fsp3) is 0.154. The van der Waals surface area contributed by atoms with Gasteiger partial charge in [0.15, 0.2) is 11.6 Å². The first-order valence-corrected chi connectivity index (χ1v) is 12.1. The minimum atomic E-state index is -3.82. The number of rotatable bonds is 8. The lowest BCUT2D eigenvalue weighted by Crippen LogP contribution is -2.25. The number of hydrogen-bond donors (Lipinski definition) is 0. The molecule has 0 N–H and O–H groups in total. The molecular weight excluding hydrogens is 450 g/mol. The summed E-state index contributed by atoms with van der Waals surface area (Å²) in [5, 5.41) is 0. The Kier molecular flexibility index (Phi) is 6.79. The van der Waals surface area contributed by atoms with Crippen LogP contribution in [0.5, 0.6) is 0 Å². The number of carbonyl (C=O) groups excluding carboxylic acids is 2. The summed E-state index contributed by atoms with van der Waals surface area (Å²) >= 11 is 0. The Balaban J connectivity index is 1.63. The smallest absolute Gasteiger partial charge is 0.294 e. The van der Waals surface area contributed by atoms with E-state index in [-0.39, 0.29) is 30.2 Å². The van der Waals surface area contributed by atoms with Crippen molar-refractivity contribution in [2.75, 3.05) is 0 Å². The quantitative estimate of drug-likeness (QED) is 0.363. The lowest BCUT2D eigenvalue weighted by atomic mass is 9.96. The fourth-order valence-corrected chi connectivity index (χ4v) is 4.56. The van der Waals surface area contributed by atoms with E-state index in [1.165, 1.54) is 18.5 Å². The maximum absolute atomic E-state index is 13.1. The molecule has 0 unspecified atom stereocenters. The molecule has 172 valence electrons. The number of allylic oxidation sites excluding steroid dienone is 1. The third-order valence-electron chi connectivity index (χ3n) is 5.32. The van der Waals surface area contributed by atoms with Gasteiger partial charge in [-0.1, -0.05) is 36.4 Å². The molecule has 34 heavy (non-hydrogen) atoms. The summed E-state index contributed by atoms with van der Waals surface area (Å²) in [7, 11) is -3.82. The number of benzene rings is 2. The van der Waals surface area contributed by atoms with Crippen LogP contribution in [-0.2, 0) is 23.2 Å². The number of aryl methyl sites for hydroxylation is 1. The summed E-state index contributed by atoms with van der Waals surface area (Å²) < 4.78 is 29.2. The topological polar surface area (TPSA) is 96.8 Å². The Morgan fingerprint density at radius 2 is 1.68 bits per heavy atom. The van der Waals surface area contributed by atoms with E-state index in [1.807, 2.05) is 43.3 Å². The molecule has 0 saturated carbocycles. The van der Waals surface area contributed by atoms with Crippen LogP contribution in [0.25, 0.3) is 0 Å². The first-order chi connectivity index (χ1) is 16.3. The van der Waals surface area contributed by atoms with Crippen molar-refractivity contribution >= 4 is 28.0 Å². The molecule has 4 rings (SSSR count). The van der Waals surface area contributed by atoms with E-state index < -0.39 is 10.2 Å². The average Bonchev–Trinajstić information content (AvgIpc) is 2.81. The van der Waals surface area contributed by atoms with Crippen LogP contribution in [-0.4, -0.2) is 35.5 Å². The van der Waals surface area contributed by atoms with E-state index in [0.717, 1.165) is 21.0 Å². The van der Waals surface area contributed by atoms with Crippen LogP contribution in [0.2, 0.25) is 0 Å². The van der Waals surface area contributed by atoms with Gasteiger partial charge in [-0.25, -0.2) is 0 Å². The van der Waals surface area contributed by atoms with Crippen LogP contribution in [0.3, 0.4) is 0 Å². The molecule has 3 aromatic rings. The highest BCUT2D eigenvalue weighted by atomic mass is 32.2. The Morgan fingerprint density at radius 3 is 2.41 bits per heavy atom. The van der Waals surface area contributed by atoms with Gasteiger partial charge in [0, 0.05) is 24.2 Å². The average molecular weight is 474 g/mol. The van der Waals surface area contributed by atoms with Crippen LogP contribution >= 0.6 is 0 Å². The molecular formula is C26H23N3O4S. The Hall–Kier alpha value is -3.91. The normalized spacial score (nSPS) is 14.2. The van der Waals surface area contributed by atoms with Crippen LogP contribution in [0.15, 0.2) is 83.5 Å². The zero-order valence-corrected chi connectivity index (χ0v) is 19.4. The van der Waals surface area contributed by atoms with E-state index in [2.05, 4.69) is 9.38 Å². The third kappa shape index (κ3) is 5.71. The van der Waals surface area contributed by atoms with Crippen molar-refractivity contribution in [3.8, 4) is 0 Å². The SMILES string of the molecule is Cc1ccnc(C(=O)CC(=O)c2cc(Cc3ccccc3)cc(CN3C=CC=NS3(=O)=O)c2)c1. The van der Waals surface area contributed by atoms with Crippen LogP contribution in [0.1, 0.15) is 49.5 Å². The molecule has 0 fully saturated rings. The molecule has 0 bridgehead atoms. The summed E-state index contributed by atoms with van der Waals surface area (Å²) in [6.45, 7) is 1.87. The molecule has 0 aliphatic carbocycles. The van der Waals surface area contributed by atoms with Crippen molar-refractivity contribution < 1.29 is 18.0 Å². The number of nitrogens with zero attached hydrogens (tertiary/aromatic N) is 3. The molecule has 8 heteroatoms. The zero-order chi connectivity index (χ0) is 24.1. The second-order valence-corrected chi connectivity index (χ2v) is 9.64. The minimum absolute atomic E-state index is 0.0203. The second-order valence-electron chi connectivity index (χ2n) is 8.06. The number of Topliss-reactive ketones (excluding diaryl/α,β-unsaturated/α-hetero) is 2. The van der Waals surface area contributed by atoms with Crippen molar-refractivity contribution in [3.05, 3.63) is 113 Å². The van der Waals surface area contributed by atoms with Crippen molar-refractivity contribution in [3.63, 3.8) is 0 Å². The Morgan fingerprint density at radius 1 is 0.912 bits per heavy atom. The highest BCUT2D eigenvalue weighted by Gasteiger charge is 2.21. The summed E-state index contributed by atoms with van der Waals surface area (Å²) in [5.41, 5.74) is 4.01. The third-order valence-corrected chi connectivity index (χ3v) is 6.55. The summed E-state index contributed by atoms with van der Waals surface area (Å²) in [5.74, 6) is -0.709. The maximum atomic E-state index is 13.1. The molecule has 7 nitrogen and oxygen atoms in total. The molecule has 1 aromatic heterocycles. The van der Waals surface area contributed by atoms with Gasteiger partial charge < -0.3 is 0 Å². The van der Waals surface area contributed by atoms with E-state index in [1.54, 1.807) is 30.5 Å². The minimum Gasteiger partial charge on any atom is -0.294 e. The zero-order valence-electron chi connectivity index (χ0n) is 18.6. The molecule has 0 atom stereocenters. The largest absolute Gasteiger partial charge is 0.344 e. The highest BCUT2D eigenvalue weighted by molar-refractivity contribution is 7.88. The van der Waals surface area contributed by atoms with E-state index >= 15 is 0 Å². The summed E-state index contributed by atoms with van der Waals surface area (Å²) in [6.07, 6.45) is 5.97. The van der Waals surface area contributed by atoms with Gasteiger partial charge in [-0.05, 0) is 65.9 Å². The highest BCUT2D eigenvalue weighted by Crippen LogP contribution is 2.21. The number of ketones is 2. The Labute approximate surface area is 198 Å². The number of carbonyl (C=O) groups is 2. The second kappa shape index (κ2) is 9.93. The molecule has 0 saturated heterocycles. The predicted octanol–water partition coefficient (Wildman–Crippen LogP) is 4.08. The van der Waals surface area contributed by atoms with Gasteiger partial charge in [-0.3, -0.25) is 18.9 Å². The molecule has 1 aliphatic rings. The van der Waals surface area contributed by atoms with Crippen molar-refractivity contribution in [1.29, 1.82) is 0 Å². The summed E-state index contributed by atoms with van der Waals surface area (Å²) in [6, 6.07) is 18.4.